The lowest BCUT2D eigenvalue weighted by Gasteiger charge is -2.06. The molecule has 1 aliphatic carbocycles. The van der Waals surface area contributed by atoms with Gasteiger partial charge in [0, 0.05) is 5.57 Å². The number of hydrogen-bond acceptors (Lipinski definition) is 3. The van der Waals surface area contributed by atoms with Crippen LogP contribution >= 0.6 is 23.2 Å². The fraction of sp³-hybridized carbons (Fsp3) is 0.286. The Hall–Kier alpha value is -0.350. The first kappa shape index (κ1) is 9.74. The van der Waals surface area contributed by atoms with Crippen molar-refractivity contribution in [1.82, 2.24) is 0 Å². The number of aliphatic hydroxyl groups is 2. The Balaban J connectivity index is 3.02. The third-order valence-electron chi connectivity index (χ3n) is 1.60. The number of allylic oxidation sites excluding steroid dienone is 1. The van der Waals surface area contributed by atoms with Gasteiger partial charge in [0.1, 0.15) is 18.5 Å². The van der Waals surface area contributed by atoms with Crippen molar-refractivity contribution in [3.8, 4) is 0 Å². The minimum absolute atomic E-state index is 0.0303. The molecule has 0 unspecified atom stereocenters. The van der Waals surface area contributed by atoms with Crippen molar-refractivity contribution in [2.75, 3.05) is 0 Å². The smallest absolute Gasteiger partial charge is 0.143 e. The van der Waals surface area contributed by atoms with Crippen LogP contribution in [-0.2, 0) is 4.79 Å². The second-order valence-electron chi connectivity index (χ2n) is 2.30. The van der Waals surface area contributed by atoms with Crippen molar-refractivity contribution in [3.63, 3.8) is 0 Å². The number of aliphatic hydroxyl groups excluding tert-OH is 2. The molecule has 0 spiro atoms. The lowest BCUT2D eigenvalue weighted by molar-refractivity contribution is -0.104. The van der Waals surface area contributed by atoms with Crippen LogP contribution in [0.3, 0.4) is 0 Å². The molecule has 5 heteroatoms. The van der Waals surface area contributed by atoms with E-state index < -0.39 is 12.2 Å². The molecule has 0 heterocycles. The summed E-state index contributed by atoms with van der Waals surface area (Å²) in [5.74, 6) is 0. The van der Waals surface area contributed by atoms with Crippen LogP contribution < -0.4 is 0 Å². The largest absolute Gasteiger partial charge is 0.383 e. The molecule has 2 N–H and O–H groups in total. The van der Waals surface area contributed by atoms with Gasteiger partial charge in [-0.25, -0.2) is 0 Å². The Morgan fingerprint density at radius 1 is 1.17 bits per heavy atom. The summed E-state index contributed by atoms with van der Waals surface area (Å²) in [6, 6.07) is 0. The Morgan fingerprint density at radius 3 is 1.92 bits per heavy atom. The minimum Gasteiger partial charge on any atom is -0.383 e. The molecule has 0 aromatic heterocycles. The standard InChI is InChI=1S/C7H6Cl2O3/c8-4-5(9)7(12)3(1-2-10)6(4)11/h1-2,6-7,11-12H/t6-,7+. The van der Waals surface area contributed by atoms with Gasteiger partial charge in [-0.15, -0.1) is 0 Å². The molecule has 0 aliphatic heterocycles. The summed E-state index contributed by atoms with van der Waals surface area (Å²) in [6.45, 7) is 0. The van der Waals surface area contributed by atoms with Crippen LogP contribution in [0.15, 0.2) is 21.7 Å². The number of hydrogen-bond donors (Lipinski definition) is 2. The highest BCUT2D eigenvalue weighted by atomic mass is 35.5. The number of carbonyl (C=O) groups is 1. The summed E-state index contributed by atoms with van der Waals surface area (Å²) >= 11 is 11.0. The highest BCUT2D eigenvalue weighted by Gasteiger charge is 2.34. The zero-order valence-electron chi connectivity index (χ0n) is 5.87. The van der Waals surface area contributed by atoms with Gasteiger partial charge < -0.3 is 10.2 Å². The molecule has 3 nitrogen and oxygen atoms in total. The van der Waals surface area contributed by atoms with E-state index in [0.717, 1.165) is 6.08 Å². The van der Waals surface area contributed by atoms with Gasteiger partial charge >= 0.3 is 0 Å². The number of halogens is 2. The third kappa shape index (κ3) is 1.41. The average Bonchev–Trinajstić information content (AvgIpc) is 2.23. The molecule has 1 rings (SSSR count). The van der Waals surface area contributed by atoms with Crippen LogP contribution in [0.1, 0.15) is 0 Å². The summed E-state index contributed by atoms with van der Waals surface area (Å²) in [6.07, 6.45) is -0.798. The van der Waals surface area contributed by atoms with Gasteiger partial charge in [0.05, 0.1) is 10.1 Å². The quantitative estimate of drug-likeness (QED) is 0.489. The van der Waals surface area contributed by atoms with E-state index in [9.17, 15) is 15.0 Å². The Labute approximate surface area is 78.9 Å². The summed E-state index contributed by atoms with van der Waals surface area (Å²) in [5, 5.41) is 18.5. The fourth-order valence-electron chi connectivity index (χ4n) is 0.964. The van der Waals surface area contributed by atoms with Gasteiger partial charge in [0.2, 0.25) is 0 Å². The van der Waals surface area contributed by atoms with E-state index in [-0.39, 0.29) is 15.6 Å². The topological polar surface area (TPSA) is 57.5 Å². The molecular weight excluding hydrogens is 203 g/mol. The Kier molecular flexibility index (Phi) is 2.90. The molecular formula is C7H6Cl2O3. The van der Waals surface area contributed by atoms with Crippen LogP contribution in [-0.4, -0.2) is 28.7 Å². The molecule has 12 heavy (non-hydrogen) atoms. The van der Waals surface area contributed by atoms with Crippen molar-refractivity contribution in [3.05, 3.63) is 21.7 Å². The highest BCUT2D eigenvalue weighted by molar-refractivity contribution is 6.41. The van der Waals surface area contributed by atoms with Crippen molar-refractivity contribution in [1.29, 1.82) is 0 Å². The molecule has 0 saturated carbocycles. The average molecular weight is 209 g/mol. The number of aldehydes is 1. The molecule has 0 radical (unpaired) electrons. The molecule has 0 fully saturated rings. The maximum atomic E-state index is 10.1. The van der Waals surface area contributed by atoms with Crippen LogP contribution in [0.4, 0.5) is 0 Å². The van der Waals surface area contributed by atoms with Crippen molar-refractivity contribution in [2.45, 2.75) is 12.2 Å². The van der Waals surface area contributed by atoms with Gasteiger partial charge in [-0.3, -0.25) is 4.79 Å². The Morgan fingerprint density at radius 2 is 1.58 bits per heavy atom. The van der Waals surface area contributed by atoms with E-state index in [4.69, 9.17) is 23.2 Å². The maximum Gasteiger partial charge on any atom is 0.143 e. The normalized spacial score (nSPS) is 33.2. The summed E-state index contributed by atoms with van der Waals surface area (Å²) < 4.78 is 0. The second-order valence-corrected chi connectivity index (χ2v) is 3.12. The number of rotatable bonds is 1. The van der Waals surface area contributed by atoms with Gasteiger partial charge in [0.25, 0.3) is 0 Å². The lowest BCUT2D eigenvalue weighted by Crippen LogP contribution is -2.13. The summed E-state index contributed by atoms with van der Waals surface area (Å²) in [4.78, 5) is 10.1. The fourth-order valence-corrected chi connectivity index (χ4v) is 1.42. The van der Waals surface area contributed by atoms with Crippen LogP contribution in [0.25, 0.3) is 0 Å². The number of carbonyl (C=O) groups excluding carboxylic acids is 1. The summed E-state index contributed by atoms with van der Waals surface area (Å²) in [7, 11) is 0. The minimum atomic E-state index is -1.15. The van der Waals surface area contributed by atoms with Crippen molar-refractivity contribution < 1.29 is 15.0 Å². The first-order valence-corrected chi connectivity index (χ1v) is 3.91. The maximum absolute atomic E-state index is 10.1. The van der Waals surface area contributed by atoms with Gasteiger partial charge in [-0.2, -0.15) is 0 Å². The predicted octanol–water partition coefficient (Wildman–Crippen LogP) is 0.536. The van der Waals surface area contributed by atoms with Crippen molar-refractivity contribution in [2.24, 2.45) is 0 Å². The third-order valence-corrected chi connectivity index (χ3v) is 2.52. The molecule has 0 amide bonds. The molecule has 1 aliphatic rings. The van der Waals surface area contributed by atoms with Crippen molar-refractivity contribution >= 4 is 29.5 Å². The van der Waals surface area contributed by atoms with E-state index in [0.29, 0.717) is 6.29 Å². The zero-order chi connectivity index (χ0) is 9.30. The van der Waals surface area contributed by atoms with E-state index in [2.05, 4.69) is 0 Å². The molecule has 0 aromatic carbocycles. The summed E-state index contributed by atoms with van der Waals surface area (Å²) in [5.41, 5.74) is 0.111. The van der Waals surface area contributed by atoms with Crippen LogP contribution in [0.5, 0.6) is 0 Å². The molecule has 0 saturated heterocycles. The van der Waals surface area contributed by atoms with E-state index >= 15 is 0 Å². The van der Waals surface area contributed by atoms with Crippen LogP contribution in [0.2, 0.25) is 0 Å². The van der Waals surface area contributed by atoms with Gasteiger partial charge in [0.15, 0.2) is 0 Å². The molecule has 0 bridgehead atoms. The monoisotopic (exact) mass is 208 g/mol. The predicted molar refractivity (Wildman–Crippen MR) is 44.9 cm³/mol. The Bertz CT molecular complexity index is 250. The van der Waals surface area contributed by atoms with E-state index in [1.807, 2.05) is 0 Å². The van der Waals surface area contributed by atoms with E-state index in [1.54, 1.807) is 0 Å². The zero-order valence-corrected chi connectivity index (χ0v) is 7.38. The van der Waals surface area contributed by atoms with E-state index in [1.165, 1.54) is 0 Å². The first-order valence-electron chi connectivity index (χ1n) is 3.16. The van der Waals surface area contributed by atoms with Gasteiger partial charge in [-0.1, -0.05) is 23.2 Å². The molecule has 2 atom stereocenters. The molecule has 66 valence electrons. The molecule has 0 aromatic rings. The first-order chi connectivity index (χ1) is 5.59. The van der Waals surface area contributed by atoms with Gasteiger partial charge in [-0.05, 0) is 6.08 Å². The highest BCUT2D eigenvalue weighted by Crippen LogP contribution is 2.36. The lowest BCUT2D eigenvalue weighted by atomic mass is 10.1. The second kappa shape index (κ2) is 3.58. The van der Waals surface area contributed by atoms with Crippen LogP contribution in [0, 0.1) is 0 Å². The SMILES string of the molecule is O=CC=C1[C@@H](O)C(Cl)=C(Cl)[C@H]1O.